The van der Waals surface area contributed by atoms with Gasteiger partial charge >= 0.3 is 0 Å². The van der Waals surface area contributed by atoms with Crippen molar-refractivity contribution >= 4 is 47.1 Å². The highest BCUT2D eigenvalue weighted by Gasteiger charge is 2.13. The van der Waals surface area contributed by atoms with Gasteiger partial charge in [0.1, 0.15) is 5.75 Å². The Labute approximate surface area is 196 Å². The zero-order chi connectivity index (χ0) is 22.8. The van der Waals surface area contributed by atoms with Gasteiger partial charge < -0.3 is 10.1 Å². The molecule has 0 saturated heterocycles. The molecule has 3 aromatic rings. The van der Waals surface area contributed by atoms with Crippen molar-refractivity contribution in [3.05, 3.63) is 89.4 Å². The van der Waals surface area contributed by atoms with E-state index in [0.29, 0.717) is 10.8 Å². The number of hydrazone groups is 1. The molecule has 0 saturated carbocycles. The van der Waals surface area contributed by atoms with Crippen molar-refractivity contribution in [1.29, 1.82) is 0 Å². The summed E-state index contributed by atoms with van der Waals surface area (Å²) in [5.74, 6) is 0.114. The minimum atomic E-state index is -0.314. The van der Waals surface area contributed by atoms with Gasteiger partial charge in [-0.1, -0.05) is 29.8 Å². The Kier molecular flexibility index (Phi) is 8.71. The molecule has 6 nitrogen and oxygen atoms in total. The van der Waals surface area contributed by atoms with Crippen LogP contribution in [0.15, 0.2) is 88.9 Å². The van der Waals surface area contributed by atoms with E-state index in [9.17, 15) is 9.59 Å². The van der Waals surface area contributed by atoms with Crippen LogP contribution in [0, 0.1) is 0 Å². The molecule has 3 aromatic carbocycles. The number of para-hydroxylation sites is 1. The molecule has 0 spiro atoms. The van der Waals surface area contributed by atoms with Crippen LogP contribution in [-0.4, -0.2) is 29.9 Å². The Morgan fingerprint density at radius 2 is 1.72 bits per heavy atom. The van der Waals surface area contributed by atoms with Crippen molar-refractivity contribution in [2.75, 3.05) is 11.9 Å². The molecule has 164 valence electrons. The summed E-state index contributed by atoms with van der Waals surface area (Å²) in [6, 6.07) is 23.5. The van der Waals surface area contributed by atoms with Crippen LogP contribution in [0.4, 0.5) is 5.69 Å². The van der Waals surface area contributed by atoms with E-state index in [4.69, 9.17) is 16.3 Å². The molecule has 0 aliphatic heterocycles. The lowest BCUT2D eigenvalue weighted by molar-refractivity contribution is -0.120. The highest BCUT2D eigenvalue weighted by molar-refractivity contribution is 8.00. The van der Waals surface area contributed by atoms with Gasteiger partial charge in [0.2, 0.25) is 0 Å². The number of halogens is 1. The van der Waals surface area contributed by atoms with Gasteiger partial charge in [-0.15, -0.1) is 11.8 Å². The molecule has 1 atom stereocenters. The van der Waals surface area contributed by atoms with Crippen LogP contribution in [-0.2, 0) is 9.59 Å². The second-order valence-electron chi connectivity index (χ2n) is 6.72. The largest absolute Gasteiger partial charge is 0.484 e. The lowest BCUT2D eigenvalue weighted by atomic mass is 10.2. The number of anilines is 1. The summed E-state index contributed by atoms with van der Waals surface area (Å²) < 4.78 is 5.50. The first-order chi connectivity index (χ1) is 15.5. The molecule has 8 heteroatoms. The predicted molar refractivity (Wildman–Crippen MR) is 130 cm³/mol. The van der Waals surface area contributed by atoms with E-state index < -0.39 is 0 Å². The highest BCUT2D eigenvalue weighted by atomic mass is 35.5. The normalized spacial score (nSPS) is 11.7. The SMILES string of the molecule is C[C@@H](Sc1ccc(Cl)cc1)C(=O)N/N=C\c1ccc(OCC(=O)Nc2ccccc2)cc1. The van der Waals surface area contributed by atoms with E-state index >= 15 is 0 Å². The lowest BCUT2D eigenvalue weighted by Crippen LogP contribution is -2.26. The summed E-state index contributed by atoms with van der Waals surface area (Å²) in [6.07, 6.45) is 1.55. The summed E-state index contributed by atoms with van der Waals surface area (Å²) in [5, 5.41) is 7.10. The number of ether oxygens (including phenoxy) is 1. The number of thioether (sulfide) groups is 1. The molecule has 0 fully saturated rings. The van der Waals surface area contributed by atoms with Crippen LogP contribution in [0.2, 0.25) is 5.02 Å². The van der Waals surface area contributed by atoms with Crippen LogP contribution in [0.25, 0.3) is 0 Å². The minimum Gasteiger partial charge on any atom is -0.484 e. The number of carbonyl (C=O) groups is 2. The van der Waals surface area contributed by atoms with E-state index in [1.54, 1.807) is 42.6 Å². The molecule has 0 unspecified atom stereocenters. The van der Waals surface area contributed by atoms with Crippen LogP contribution in [0.5, 0.6) is 5.75 Å². The number of nitrogens with zero attached hydrogens (tertiary/aromatic N) is 1. The Morgan fingerprint density at radius 3 is 2.41 bits per heavy atom. The molecular formula is C24H22ClN3O3S. The first-order valence-electron chi connectivity index (χ1n) is 9.82. The molecule has 0 heterocycles. The van der Waals surface area contributed by atoms with Crippen molar-refractivity contribution in [1.82, 2.24) is 5.43 Å². The standard InChI is InChI=1S/C24H22ClN3O3S/c1-17(32-22-13-9-19(25)10-14-22)24(30)28-26-15-18-7-11-21(12-8-18)31-16-23(29)27-20-5-3-2-4-6-20/h2-15,17H,16H2,1H3,(H,27,29)(H,28,30)/b26-15-/t17-/m1/s1. The molecule has 32 heavy (non-hydrogen) atoms. The van der Waals surface area contributed by atoms with E-state index in [2.05, 4.69) is 15.8 Å². The molecule has 0 aliphatic rings. The third-order valence-electron chi connectivity index (χ3n) is 4.19. The van der Waals surface area contributed by atoms with Crippen LogP contribution in [0.1, 0.15) is 12.5 Å². The number of benzene rings is 3. The first kappa shape index (κ1) is 23.4. The molecule has 3 rings (SSSR count). The third kappa shape index (κ3) is 7.76. The highest BCUT2D eigenvalue weighted by Crippen LogP contribution is 2.24. The van der Waals surface area contributed by atoms with Gasteiger partial charge in [-0.3, -0.25) is 9.59 Å². The van der Waals surface area contributed by atoms with Crippen LogP contribution < -0.4 is 15.5 Å². The molecule has 0 radical (unpaired) electrons. The molecular weight excluding hydrogens is 446 g/mol. The molecule has 0 aromatic heterocycles. The number of carbonyl (C=O) groups excluding carboxylic acids is 2. The van der Waals surface area contributed by atoms with Gasteiger partial charge in [-0.05, 0) is 73.2 Å². The van der Waals surface area contributed by atoms with Gasteiger partial charge in [-0.2, -0.15) is 5.10 Å². The topological polar surface area (TPSA) is 79.8 Å². The molecule has 2 N–H and O–H groups in total. The average molecular weight is 468 g/mol. The van der Waals surface area contributed by atoms with Crippen molar-refractivity contribution in [2.24, 2.45) is 5.10 Å². The number of hydrogen-bond donors (Lipinski definition) is 2. The fourth-order valence-corrected chi connectivity index (χ4v) is 3.54. The third-order valence-corrected chi connectivity index (χ3v) is 5.56. The molecule has 2 amide bonds. The summed E-state index contributed by atoms with van der Waals surface area (Å²) in [4.78, 5) is 25.1. The van der Waals surface area contributed by atoms with E-state index in [1.165, 1.54) is 11.8 Å². The predicted octanol–water partition coefficient (Wildman–Crippen LogP) is 4.99. The van der Waals surface area contributed by atoms with E-state index in [0.717, 1.165) is 16.1 Å². The van der Waals surface area contributed by atoms with Crippen LogP contribution in [0.3, 0.4) is 0 Å². The molecule has 0 aliphatic carbocycles. The van der Waals surface area contributed by atoms with Crippen molar-refractivity contribution < 1.29 is 14.3 Å². The number of rotatable bonds is 9. The van der Waals surface area contributed by atoms with Gasteiger partial charge in [0.25, 0.3) is 11.8 Å². The van der Waals surface area contributed by atoms with E-state index in [-0.39, 0.29) is 23.7 Å². The molecule has 0 bridgehead atoms. The zero-order valence-corrected chi connectivity index (χ0v) is 18.9. The number of hydrogen-bond acceptors (Lipinski definition) is 5. The maximum absolute atomic E-state index is 12.2. The summed E-state index contributed by atoms with van der Waals surface area (Å²) in [7, 11) is 0. The summed E-state index contributed by atoms with van der Waals surface area (Å²) in [5.41, 5.74) is 4.04. The average Bonchev–Trinajstić information content (AvgIpc) is 2.80. The Morgan fingerprint density at radius 1 is 1.03 bits per heavy atom. The Bertz CT molecular complexity index is 1060. The zero-order valence-electron chi connectivity index (χ0n) is 17.3. The van der Waals surface area contributed by atoms with Gasteiger partial charge in [0, 0.05) is 15.6 Å². The minimum absolute atomic E-state index is 0.0957. The fourth-order valence-electron chi connectivity index (χ4n) is 2.55. The quantitative estimate of drug-likeness (QED) is 0.264. The van der Waals surface area contributed by atoms with Gasteiger partial charge in [0.15, 0.2) is 6.61 Å². The summed E-state index contributed by atoms with van der Waals surface area (Å²) in [6.45, 7) is 1.71. The van der Waals surface area contributed by atoms with Crippen LogP contribution >= 0.6 is 23.4 Å². The maximum Gasteiger partial charge on any atom is 0.262 e. The van der Waals surface area contributed by atoms with E-state index in [1.807, 2.05) is 49.4 Å². The van der Waals surface area contributed by atoms with Gasteiger partial charge in [0.05, 0.1) is 11.5 Å². The number of nitrogens with one attached hydrogen (secondary N) is 2. The number of amides is 2. The Balaban J connectivity index is 1.41. The second kappa shape index (κ2) is 11.9. The first-order valence-corrected chi connectivity index (χ1v) is 11.1. The Hall–Kier alpha value is -3.29. The van der Waals surface area contributed by atoms with Crippen molar-refractivity contribution in [2.45, 2.75) is 17.1 Å². The second-order valence-corrected chi connectivity index (χ2v) is 8.57. The smallest absolute Gasteiger partial charge is 0.262 e. The monoisotopic (exact) mass is 467 g/mol. The van der Waals surface area contributed by atoms with Crippen molar-refractivity contribution in [3.63, 3.8) is 0 Å². The van der Waals surface area contributed by atoms with Gasteiger partial charge in [-0.25, -0.2) is 5.43 Å². The lowest BCUT2D eigenvalue weighted by Gasteiger charge is -2.09. The maximum atomic E-state index is 12.2. The summed E-state index contributed by atoms with van der Waals surface area (Å²) >= 11 is 7.30. The fraction of sp³-hybridized carbons (Fsp3) is 0.125. The van der Waals surface area contributed by atoms with Crippen molar-refractivity contribution in [3.8, 4) is 5.75 Å².